The van der Waals surface area contributed by atoms with Gasteiger partial charge >= 0.3 is 18.4 Å². The van der Waals surface area contributed by atoms with Crippen LogP contribution in [-0.4, -0.2) is 29.2 Å². The molecule has 1 amide bonds. The first kappa shape index (κ1) is 23.8. The lowest BCUT2D eigenvalue weighted by Gasteiger charge is -2.38. The molecule has 0 spiro atoms. The first-order chi connectivity index (χ1) is 14.8. The Morgan fingerprint density at radius 2 is 1.66 bits per heavy atom. The summed E-state index contributed by atoms with van der Waals surface area (Å²) in [5, 5.41) is 10.8. The zero-order valence-corrected chi connectivity index (χ0v) is 16.4. The van der Waals surface area contributed by atoms with E-state index in [0.717, 1.165) is 18.2 Å². The van der Waals surface area contributed by atoms with Crippen LogP contribution in [0.5, 0.6) is 0 Å². The minimum absolute atomic E-state index is 0.0389. The molecule has 1 aliphatic heterocycles. The summed E-state index contributed by atoms with van der Waals surface area (Å²) in [6.07, 6.45) is -10.4. The maximum Gasteiger partial charge on any atom is 0.419 e. The number of amides is 1. The third-order valence-corrected chi connectivity index (χ3v) is 5.27. The summed E-state index contributed by atoms with van der Waals surface area (Å²) < 4.78 is 95.4. The molecule has 1 aliphatic rings. The molecule has 11 heteroatoms. The quantitative estimate of drug-likeness (QED) is 0.611. The SMILES string of the molecule is O=C(OCc1ccc(F)c(C(F)(F)F)c1)N1CCC(O)(c2cccc(C(F)(F)F)c2)CC1. The normalized spacial score (nSPS) is 16.7. The van der Waals surface area contributed by atoms with Crippen molar-refractivity contribution in [2.24, 2.45) is 0 Å². The number of aliphatic hydroxyl groups is 1. The number of carbonyl (C=O) groups is 1. The van der Waals surface area contributed by atoms with Crippen molar-refractivity contribution in [1.29, 1.82) is 0 Å². The molecule has 1 saturated heterocycles. The highest BCUT2D eigenvalue weighted by atomic mass is 19.4. The van der Waals surface area contributed by atoms with Crippen molar-refractivity contribution in [2.75, 3.05) is 13.1 Å². The van der Waals surface area contributed by atoms with E-state index in [1.54, 1.807) is 0 Å². The molecule has 2 aromatic carbocycles. The molecule has 174 valence electrons. The number of hydrogen-bond acceptors (Lipinski definition) is 3. The standard InChI is InChI=1S/C21H18F7NO3/c22-17-5-4-13(10-16(17)21(26,27)28)12-32-18(30)29-8-6-19(31,7-9-29)14-2-1-3-15(11-14)20(23,24)25/h1-5,10-11,31H,6-9,12H2. The lowest BCUT2D eigenvalue weighted by molar-refractivity contribution is -0.140. The fourth-order valence-electron chi connectivity index (χ4n) is 3.45. The maximum atomic E-state index is 13.3. The lowest BCUT2D eigenvalue weighted by Crippen LogP contribution is -2.45. The van der Waals surface area contributed by atoms with Gasteiger partial charge in [0.05, 0.1) is 16.7 Å². The molecule has 0 saturated carbocycles. The Morgan fingerprint density at radius 1 is 1.00 bits per heavy atom. The molecule has 0 radical (unpaired) electrons. The molecule has 0 aliphatic carbocycles. The Balaban J connectivity index is 1.60. The number of carbonyl (C=O) groups excluding carboxylic acids is 1. The molecule has 2 aromatic rings. The molecule has 0 aromatic heterocycles. The lowest BCUT2D eigenvalue weighted by atomic mass is 9.84. The van der Waals surface area contributed by atoms with Gasteiger partial charge in [-0.05, 0) is 48.2 Å². The number of piperidine rings is 1. The van der Waals surface area contributed by atoms with Gasteiger partial charge in [-0.25, -0.2) is 9.18 Å². The maximum absolute atomic E-state index is 13.3. The van der Waals surface area contributed by atoms with E-state index in [1.807, 2.05) is 0 Å². The molecule has 0 bridgehead atoms. The largest absolute Gasteiger partial charge is 0.445 e. The molecule has 1 fully saturated rings. The predicted molar refractivity (Wildman–Crippen MR) is 97.7 cm³/mol. The van der Waals surface area contributed by atoms with Crippen LogP contribution in [0.3, 0.4) is 0 Å². The van der Waals surface area contributed by atoms with E-state index in [9.17, 15) is 40.6 Å². The van der Waals surface area contributed by atoms with E-state index < -0.39 is 47.6 Å². The molecule has 1 N–H and O–H groups in total. The zero-order valence-electron chi connectivity index (χ0n) is 16.4. The van der Waals surface area contributed by atoms with E-state index in [4.69, 9.17) is 4.74 Å². The predicted octanol–water partition coefficient (Wildman–Crippen LogP) is 5.48. The Kier molecular flexibility index (Phi) is 6.41. The molecular weight excluding hydrogens is 447 g/mol. The molecule has 4 nitrogen and oxygen atoms in total. The third kappa shape index (κ3) is 5.32. The minimum Gasteiger partial charge on any atom is -0.445 e. The fourth-order valence-corrected chi connectivity index (χ4v) is 3.45. The monoisotopic (exact) mass is 465 g/mol. The average Bonchev–Trinajstić information content (AvgIpc) is 2.72. The topological polar surface area (TPSA) is 49.8 Å². The second kappa shape index (κ2) is 8.61. The van der Waals surface area contributed by atoms with Crippen LogP contribution in [0.1, 0.15) is 35.1 Å². The van der Waals surface area contributed by atoms with Gasteiger partial charge in [0.2, 0.25) is 0 Å². The van der Waals surface area contributed by atoms with Crippen LogP contribution in [0.25, 0.3) is 0 Å². The molecule has 1 heterocycles. The number of alkyl halides is 6. The van der Waals surface area contributed by atoms with Crippen LogP contribution in [0, 0.1) is 5.82 Å². The summed E-state index contributed by atoms with van der Waals surface area (Å²) in [5.41, 5.74) is -3.94. The summed E-state index contributed by atoms with van der Waals surface area (Å²) in [4.78, 5) is 13.4. The summed E-state index contributed by atoms with van der Waals surface area (Å²) >= 11 is 0. The van der Waals surface area contributed by atoms with Crippen molar-refractivity contribution in [3.63, 3.8) is 0 Å². The Hall–Kier alpha value is -2.82. The Bertz CT molecular complexity index is 980. The molecule has 0 unspecified atom stereocenters. The highest BCUT2D eigenvalue weighted by Crippen LogP contribution is 2.37. The number of ether oxygens (including phenoxy) is 1. The van der Waals surface area contributed by atoms with E-state index in [0.29, 0.717) is 12.1 Å². The number of benzene rings is 2. The van der Waals surface area contributed by atoms with Crippen LogP contribution in [0.2, 0.25) is 0 Å². The number of hydrogen-bond donors (Lipinski definition) is 1. The smallest absolute Gasteiger partial charge is 0.419 e. The molecule has 32 heavy (non-hydrogen) atoms. The van der Waals surface area contributed by atoms with Crippen LogP contribution >= 0.6 is 0 Å². The van der Waals surface area contributed by atoms with Crippen molar-refractivity contribution in [3.8, 4) is 0 Å². The second-order valence-corrected chi connectivity index (χ2v) is 7.46. The highest BCUT2D eigenvalue weighted by molar-refractivity contribution is 5.67. The van der Waals surface area contributed by atoms with Gasteiger partial charge in [0, 0.05) is 13.1 Å². The van der Waals surface area contributed by atoms with Crippen LogP contribution in [0.15, 0.2) is 42.5 Å². The van der Waals surface area contributed by atoms with Crippen molar-refractivity contribution < 1.29 is 45.4 Å². The highest BCUT2D eigenvalue weighted by Gasteiger charge is 2.38. The number of rotatable bonds is 3. The van der Waals surface area contributed by atoms with Crippen molar-refractivity contribution in [3.05, 3.63) is 70.5 Å². The van der Waals surface area contributed by atoms with E-state index in [2.05, 4.69) is 0 Å². The fraction of sp³-hybridized carbons (Fsp3) is 0.381. The first-order valence-electron chi connectivity index (χ1n) is 9.47. The number of halogens is 7. The van der Waals surface area contributed by atoms with Gasteiger partial charge in [0.15, 0.2) is 0 Å². The Labute approximate surface area is 178 Å². The van der Waals surface area contributed by atoms with Crippen LogP contribution in [0.4, 0.5) is 35.5 Å². The second-order valence-electron chi connectivity index (χ2n) is 7.46. The molecule has 3 rings (SSSR count). The van der Waals surface area contributed by atoms with E-state index in [1.165, 1.54) is 17.0 Å². The average molecular weight is 465 g/mol. The summed E-state index contributed by atoms with van der Waals surface area (Å²) in [5.74, 6) is -1.45. The van der Waals surface area contributed by atoms with Gasteiger partial charge in [-0.2, -0.15) is 26.3 Å². The minimum atomic E-state index is -4.90. The summed E-state index contributed by atoms with van der Waals surface area (Å²) in [7, 11) is 0. The number of nitrogens with zero attached hydrogens (tertiary/aromatic N) is 1. The van der Waals surface area contributed by atoms with Gasteiger partial charge in [-0.1, -0.05) is 18.2 Å². The van der Waals surface area contributed by atoms with Gasteiger partial charge in [-0.15, -0.1) is 0 Å². The van der Waals surface area contributed by atoms with Gasteiger partial charge < -0.3 is 14.7 Å². The van der Waals surface area contributed by atoms with Gasteiger partial charge in [0.1, 0.15) is 12.4 Å². The van der Waals surface area contributed by atoms with Crippen molar-refractivity contribution >= 4 is 6.09 Å². The summed E-state index contributed by atoms with van der Waals surface area (Å²) in [6.45, 7) is -0.609. The third-order valence-electron chi connectivity index (χ3n) is 5.27. The number of likely N-dealkylation sites (tertiary alicyclic amines) is 1. The van der Waals surface area contributed by atoms with Crippen LogP contribution in [-0.2, 0) is 29.3 Å². The Morgan fingerprint density at radius 3 is 2.25 bits per heavy atom. The van der Waals surface area contributed by atoms with Gasteiger partial charge in [0.25, 0.3) is 0 Å². The molecular formula is C21H18F7NO3. The summed E-state index contributed by atoms with van der Waals surface area (Å²) in [6, 6.07) is 6.54. The van der Waals surface area contributed by atoms with E-state index in [-0.39, 0.29) is 37.1 Å². The molecule has 0 atom stereocenters. The van der Waals surface area contributed by atoms with Crippen molar-refractivity contribution in [2.45, 2.75) is 37.4 Å². The van der Waals surface area contributed by atoms with Gasteiger partial charge in [-0.3, -0.25) is 0 Å². The van der Waals surface area contributed by atoms with Crippen molar-refractivity contribution in [1.82, 2.24) is 4.90 Å². The first-order valence-corrected chi connectivity index (χ1v) is 9.47. The zero-order chi connectivity index (χ0) is 23.7. The van der Waals surface area contributed by atoms with E-state index >= 15 is 0 Å². The van der Waals surface area contributed by atoms with Crippen LogP contribution < -0.4 is 0 Å².